The van der Waals surface area contributed by atoms with Crippen LogP contribution in [0.2, 0.25) is 0 Å². The SMILES string of the molecule is CCCCCCCCCC1(C(C)(C)C)C=CC(O)=CC1. The molecule has 20 heavy (non-hydrogen) atoms. The third kappa shape index (κ3) is 5.00. The summed E-state index contributed by atoms with van der Waals surface area (Å²) in [5.41, 5.74) is 0.478. The monoisotopic (exact) mass is 278 g/mol. The zero-order valence-electron chi connectivity index (χ0n) is 14.0. The molecule has 0 aliphatic heterocycles. The first-order valence-corrected chi connectivity index (χ1v) is 8.50. The minimum absolute atomic E-state index is 0.225. The molecule has 116 valence electrons. The highest BCUT2D eigenvalue weighted by Crippen LogP contribution is 2.49. The van der Waals surface area contributed by atoms with Crippen LogP contribution in [0, 0.1) is 10.8 Å². The summed E-state index contributed by atoms with van der Waals surface area (Å²) < 4.78 is 0. The van der Waals surface area contributed by atoms with E-state index < -0.39 is 0 Å². The van der Waals surface area contributed by atoms with Crippen LogP contribution in [0.1, 0.15) is 85.5 Å². The molecule has 1 unspecified atom stereocenters. The van der Waals surface area contributed by atoms with E-state index in [9.17, 15) is 5.11 Å². The van der Waals surface area contributed by atoms with Crippen LogP contribution in [0.15, 0.2) is 24.0 Å². The average Bonchev–Trinajstić information content (AvgIpc) is 2.39. The molecular formula is C19H34O. The van der Waals surface area contributed by atoms with Gasteiger partial charge in [-0.05, 0) is 35.8 Å². The van der Waals surface area contributed by atoms with Gasteiger partial charge in [0.05, 0.1) is 0 Å². The van der Waals surface area contributed by atoms with E-state index in [2.05, 4.69) is 33.8 Å². The Balaban J connectivity index is 2.39. The number of hydrogen-bond acceptors (Lipinski definition) is 1. The molecule has 1 aliphatic rings. The Morgan fingerprint density at radius 1 is 1.05 bits per heavy atom. The van der Waals surface area contributed by atoms with Crippen molar-refractivity contribution >= 4 is 0 Å². The molecule has 0 aromatic rings. The van der Waals surface area contributed by atoms with Crippen LogP contribution < -0.4 is 0 Å². The second-order valence-electron chi connectivity index (χ2n) is 7.44. The van der Waals surface area contributed by atoms with E-state index in [1.165, 1.54) is 51.4 Å². The Morgan fingerprint density at radius 3 is 2.15 bits per heavy atom. The minimum atomic E-state index is 0.225. The summed E-state index contributed by atoms with van der Waals surface area (Å²) in [7, 11) is 0. The first kappa shape index (κ1) is 17.3. The van der Waals surface area contributed by atoms with Crippen molar-refractivity contribution in [2.75, 3.05) is 0 Å². The van der Waals surface area contributed by atoms with Gasteiger partial charge in [-0.15, -0.1) is 0 Å². The molecule has 0 aromatic carbocycles. The molecule has 0 heterocycles. The van der Waals surface area contributed by atoms with Gasteiger partial charge in [0.25, 0.3) is 0 Å². The lowest BCUT2D eigenvalue weighted by Crippen LogP contribution is -2.34. The van der Waals surface area contributed by atoms with Gasteiger partial charge in [-0.3, -0.25) is 0 Å². The van der Waals surface area contributed by atoms with Crippen molar-refractivity contribution in [2.45, 2.75) is 85.5 Å². The third-order valence-electron chi connectivity index (χ3n) is 4.97. The van der Waals surface area contributed by atoms with Crippen molar-refractivity contribution < 1.29 is 5.11 Å². The Morgan fingerprint density at radius 2 is 1.65 bits per heavy atom. The van der Waals surface area contributed by atoms with Crippen LogP contribution in [0.4, 0.5) is 0 Å². The van der Waals surface area contributed by atoms with Crippen LogP contribution in [-0.4, -0.2) is 5.11 Å². The van der Waals surface area contributed by atoms with E-state index in [4.69, 9.17) is 0 Å². The summed E-state index contributed by atoms with van der Waals surface area (Å²) in [6.07, 6.45) is 17.9. The number of rotatable bonds is 8. The topological polar surface area (TPSA) is 20.2 Å². The van der Waals surface area contributed by atoms with Crippen LogP contribution in [-0.2, 0) is 0 Å². The summed E-state index contributed by atoms with van der Waals surface area (Å²) in [6, 6.07) is 0. The second kappa shape index (κ2) is 7.90. The molecule has 0 amide bonds. The fourth-order valence-electron chi connectivity index (χ4n) is 3.18. The molecule has 0 saturated heterocycles. The first-order valence-electron chi connectivity index (χ1n) is 8.50. The molecule has 1 heteroatoms. The van der Waals surface area contributed by atoms with Gasteiger partial charge in [-0.2, -0.15) is 0 Å². The number of hydrogen-bond donors (Lipinski definition) is 1. The molecule has 1 rings (SSSR count). The highest BCUT2D eigenvalue weighted by Gasteiger charge is 2.39. The second-order valence-corrected chi connectivity index (χ2v) is 7.44. The first-order chi connectivity index (χ1) is 9.41. The van der Waals surface area contributed by atoms with E-state index >= 15 is 0 Å². The minimum Gasteiger partial charge on any atom is -0.508 e. The van der Waals surface area contributed by atoms with Gasteiger partial charge in [0, 0.05) is 0 Å². The summed E-state index contributed by atoms with van der Waals surface area (Å²) >= 11 is 0. The van der Waals surface area contributed by atoms with E-state index in [1.54, 1.807) is 0 Å². The zero-order chi connectivity index (χ0) is 15.1. The van der Waals surface area contributed by atoms with Crippen LogP contribution in [0.5, 0.6) is 0 Å². The summed E-state index contributed by atoms with van der Waals surface area (Å²) in [5.74, 6) is 0.435. The number of unbranched alkanes of at least 4 members (excludes halogenated alkanes) is 6. The van der Waals surface area contributed by atoms with Gasteiger partial charge in [-0.25, -0.2) is 0 Å². The number of aliphatic hydroxyl groups is 1. The van der Waals surface area contributed by atoms with Crippen molar-refractivity contribution in [3.63, 3.8) is 0 Å². The van der Waals surface area contributed by atoms with Crippen molar-refractivity contribution in [3.8, 4) is 0 Å². The maximum absolute atomic E-state index is 9.57. The van der Waals surface area contributed by atoms with E-state index in [-0.39, 0.29) is 10.8 Å². The molecule has 1 aliphatic carbocycles. The van der Waals surface area contributed by atoms with Gasteiger partial charge >= 0.3 is 0 Å². The smallest absolute Gasteiger partial charge is 0.111 e. The Labute approximate surface area is 126 Å². The molecule has 0 fully saturated rings. The van der Waals surface area contributed by atoms with Crippen LogP contribution in [0.3, 0.4) is 0 Å². The lowest BCUT2D eigenvalue weighted by Gasteiger charge is -2.44. The highest BCUT2D eigenvalue weighted by molar-refractivity contribution is 5.23. The lowest BCUT2D eigenvalue weighted by molar-refractivity contribution is 0.126. The van der Waals surface area contributed by atoms with Gasteiger partial charge in [0.2, 0.25) is 0 Å². The zero-order valence-corrected chi connectivity index (χ0v) is 14.0. The van der Waals surface area contributed by atoms with Crippen molar-refractivity contribution in [2.24, 2.45) is 10.8 Å². The van der Waals surface area contributed by atoms with E-state index in [1.807, 2.05) is 12.2 Å². The van der Waals surface area contributed by atoms with Crippen LogP contribution in [0.25, 0.3) is 0 Å². The molecule has 1 nitrogen and oxygen atoms in total. The van der Waals surface area contributed by atoms with Gasteiger partial charge in [0.1, 0.15) is 5.76 Å². The molecule has 0 saturated carbocycles. The summed E-state index contributed by atoms with van der Waals surface area (Å²) in [4.78, 5) is 0. The normalized spacial score (nSPS) is 22.9. The quantitative estimate of drug-likeness (QED) is 0.498. The molecule has 0 aromatic heterocycles. The van der Waals surface area contributed by atoms with E-state index in [0.29, 0.717) is 5.76 Å². The van der Waals surface area contributed by atoms with Gasteiger partial charge in [0.15, 0.2) is 0 Å². The standard InChI is InChI=1S/C19H34O/c1-5-6-7-8-9-10-11-14-19(18(2,3)4)15-12-17(20)13-16-19/h12-13,15,20H,5-11,14,16H2,1-4H3. The van der Waals surface area contributed by atoms with Crippen molar-refractivity contribution in [1.82, 2.24) is 0 Å². The van der Waals surface area contributed by atoms with Gasteiger partial charge < -0.3 is 5.11 Å². The predicted molar refractivity (Wildman–Crippen MR) is 89.0 cm³/mol. The highest BCUT2D eigenvalue weighted by atomic mass is 16.3. The summed E-state index contributed by atoms with van der Waals surface area (Å²) in [6.45, 7) is 9.25. The Hall–Kier alpha value is -0.720. The lowest BCUT2D eigenvalue weighted by atomic mass is 9.61. The maximum atomic E-state index is 9.57. The molecule has 1 atom stereocenters. The molecule has 1 N–H and O–H groups in total. The summed E-state index contributed by atoms with van der Waals surface area (Å²) in [5, 5.41) is 9.57. The molecular weight excluding hydrogens is 244 g/mol. The predicted octanol–water partition coefficient (Wildman–Crippen LogP) is 6.56. The average molecular weight is 278 g/mol. The molecule has 0 bridgehead atoms. The van der Waals surface area contributed by atoms with E-state index in [0.717, 1.165) is 6.42 Å². The fourth-order valence-corrected chi connectivity index (χ4v) is 3.18. The third-order valence-corrected chi connectivity index (χ3v) is 4.97. The van der Waals surface area contributed by atoms with Gasteiger partial charge in [-0.1, -0.05) is 78.7 Å². The van der Waals surface area contributed by atoms with Crippen molar-refractivity contribution in [3.05, 3.63) is 24.0 Å². The Bertz CT molecular complexity index is 332. The van der Waals surface area contributed by atoms with Crippen molar-refractivity contribution in [1.29, 1.82) is 0 Å². The fraction of sp³-hybridized carbons (Fsp3) is 0.789. The maximum Gasteiger partial charge on any atom is 0.111 e. The number of allylic oxidation sites excluding steroid dienone is 3. The van der Waals surface area contributed by atoms with Crippen LogP contribution >= 0.6 is 0 Å². The number of aliphatic hydroxyl groups excluding tert-OH is 1. The largest absolute Gasteiger partial charge is 0.508 e. The Kier molecular flexibility index (Phi) is 6.85. The molecule has 0 spiro atoms. The molecule has 0 radical (unpaired) electrons.